The SMILES string of the molecule is CC1=CN([C@H]2C[C@H](O)[C@@H](COCC(=O)O)O2)C(=O)CC1=O.O=C=O. The van der Waals surface area contributed by atoms with E-state index < -0.39 is 31.0 Å². The molecule has 0 unspecified atom stereocenters. The average Bonchev–Trinajstić information content (AvgIpc) is 2.84. The maximum absolute atomic E-state index is 11.8. The molecule has 2 heterocycles. The predicted octanol–water partition coefficient (Wildman–Crippen LogP) is -1.31. The van der Waals surface area contributed by atoms with Crippen LogP contribution in [0.1, 0.15) is 19.8 Å². The lowest BCUT2D eigenvalue weighted by Crippen LogP contribution is -2.40. The molecule has 3 atom stereocenters. The van der Waals surface area contributed by atoms with Gasteiger partial charge in [-0.15, -0.1) is 0 Å². The molecule has 0 aromatic carbocycles. The van der Waals surface area contributed by atoms with E-state index in [2.05, 4.69) is 0 Å². The Morgan fingerprint density at radius 1 is 1.46 bits per heavy atom. The van der Waals surface area contributed by atoms with Crippen molar-refractivity contribution in [1.29, 1.82) is 0 Å². The zero-order valence-electron chi connectivity index (χ0n) is 12.8. The van der Waals surface area contributed by atoms with Crippen molar-refractivity contribution in [2.24, 2.45) is 0 Å². The number of hydrogen-bond donors (Lipinski definition) is 2. The average molecular weight is 343 g/mol. The number of ketones is 1. The van der Waals surface area contributed by atoms with Crippen LogP contribution in [-0.4, -0.2) is 70.6 Å². The minimum absolute atomic E-state index is 0.0758. The number of carbonyl (C=O) groups excluding carboxylic acids is 4. The molecule has 10 nitrogen and oxygen atoms in total. The molecule has 24 heavy (non-hydrogen) atoms. The van der Waals surface area contributed by atoms with Gasteiger partial charge in [-0.3, -0.25) is 14.5 Å². The molecule has 1 fully saturated rings. The smallest absolute Gasteiger partial charge is 0.373 e. The lowest BCUT2D eigenvalue weighted by molar-refractivity contribution is -0.191. The first-order chi connectivity index (χ1) is 11.3. The van der Waals surface area contributed by atoms with Crippen LogP contribution in [0, 0.1) is 0 Å². The summed E-state index contributed by atoms with van der Waals surface area (Å²) in [5.74, 6) is -1.71. The van der Waals surface area contributed by atoms with Crippen LogP contribution in [0.4, 0.5) is 0 Å². The number of carboxylic acids is 1. The second-order valence-electron chi connectivity index (χ2n) is 5.14. The van der Waals surface area contributed by atoms with Gasteiger partial charge in [-0.05, 0) is 6.92 Å². The summed E-state index contributed by atoms with van der Waals surface area (Å²) in [6.07, 6.45) is -0.583. The fourth-order valence-corrected chi connectivity index (χ4v) is 2.26. The zero-order chi connectivity index (χ0) is 18.3. The number of ether oxygens (including phenoxy) is 2. The number of amides is 1. The van der Waals surface area contributed by atoms with Gasteiger partial charge in [-0.1, -0.05) is 0 Å². The monoisotopic (exact) mass is 343 g/mol. The van der Waals surface area contributed by atoms with Crippen LogP contribution in [0.2, 0.25) is 0 Å². The molecule has 132 valence electrons. The summed E-state index contributed by atoms with van der Waals surface area (Å²) in [7, 11) is 0. The highest BCUT2D eigenvalue weighted by Gasteiger charge is 2.40. The Morgan fingerprint density at radius 3 is 2.67 bits per heavy atom. The largest absolute Gasteiger partial charge is 0.480 e. The number of allylic oxidation sites excluding steroid dienone is 1. The molecule has 2 rings (SSSR count). The molecule has 0 saturated carbocycles. The van der Waals surface area contributed by atoms with E-state index in [1.165, 1.54) is 11.1 Å². The number of rotatable bonds is 5. The highest BCUT2D eigenvalue weighted by Crippen LogP contribution is 2.27. The van der Waals surface area contributed by atoms with Crippen molar-refractivity contribution in [1.82, 2.24) is 4.90 Å². The van der Waals surface area contributed by atoms with Crippen molar-refractivity contribution < 1.29 is 43.7 Å². The van der Waals surface area contributed by atoms with Crippen LogP contribution < -0.4 is 0 Å². The van der Waals surface area contributed by atoms with Crippen molar-refractivity contribution in [2.45, 2.75) is 38.2 Å². The van der Waals surface area contributed by atoms with Gasteiger partial charge in [0.05, 0.1) is 19.1 Å². The summed E-state index contributed by atoms with van der Waals surface area (Å²) in [4.78, 5) is 51.2. The fraction of sp³-hybridized carbons (Fsp3) is 0.571. The van der Waals surface area contributed by atoms with E-state index in [4.69, 9.17) is 24.2 Å². The lowest BCUT2D eigenvalue weighted by atomic mass is 10.1. The van der Waals surface area contributed by atoms with Gasteiger partial charge in [0, 0.05) is 18.2 Å². The van der Waals surface area contributed by atoms with Crippen LogP contribution >= 0.6 is 0 Å². The van der Waals surface area contributed by atoms with Gasteiger partial charge in [0.1, 0.15) is 18.9 Å². The number of aliphatic hydroxyl groups is 1. The maximum Gasteiger partial charge on any atom is 0.373 e. The second kappa shape index (κ2) is 9.04. The summed E-state index contributed by atoms with van der Waals surface area (Å²) in [5, 5.41) is 18.4. The summed E-state index contributed by atoms with van der Waals surface area (Å²) in [6.45, 7) is 1.06. The van der Waals surface area contributed by atoms with Crippen LogP contribution in [0.5, 0.6) is 0 Å². The van der Waals surface area contributed by atoms with Gasteiger partial charge in [0.25, 0.3) is 0 Å². The Balaban J connectivity index is 0.000000891. The first-order valence-corrected chi connectivity index (χ1v) is 6.95. The quantitative estimate of drug-likeness (QED) is 0.580. The third-order valence-corrected chi connectivity index (χ3v) is 3.39. The highest BCUT2D eigenvalue weighted by molar-refractivity contribution is 6.09. The standard InChI is InChI=1S/C13H17NO7.CO2/c1-7-4-14(11(17)2-8(7)15)12-3-9(16)10(21-12)5-20-6-13(18)19;2-1-3/h4,9-10,12,16H,2-3,5-6H2,1H3,(H,18,19);/t9-,10+,12+;/m0./s1. The van der Waals surface area contributed by atoms with Crippen LogP contribution in [-0.2, 0) is 33.4 Å². The molecule has 1 amide bonds. The molecule has 1 saturated heterocycles. The summed E-state index contributed by atoms with van der Waals surface area (Å²) in [5.41, 5.74) is 0.457. The van der Waals surface area contributed by atoms with E-state index in [1.54, 1.807) is 6.92 Å². The van der Waals surface area contributed by atoms with E-state index in [0.29, 0.717) is 5.57 Å². The maximum atomic E-state index is 11.8. The van der Waals surface area contributed by atoms with Crippen molar-refractivity contribution in [2.75, 3.05) is 13.2 Å². The van der Waals surface area contributed by atoms with Crippen molar-refractivity contribution in [3.05, 3.63) is 11.8 Å². The molecule has 0 radical (unpaired) electrons. The van der Waals surface area contributed by atoms with Crippen LogP contribution in [0.25, 0.3) is 0 Å². The molecule has 2 aliphatic heterocycles. The summed E-state index contributed by atoms with van der Waals surface area (Å²) >= 11 is 0. The molecule has 0 bridgehead atoms. The van der Waals surface area contributed by atoms with Crippen molar-refractivity contribution in [3.8, 4) is 0 Å². The fourth-order valence-electron chi connectivity index (χ4n) is 2.26. The van der Waals surface area contributed by atoms with Crippen LogP contribution in [0.3, 0.4) is 0 Å². The van der Waals surface area contributed by atoms with Crippen LogP contribution in [0.15, 0.2) is 11.8 Å². The van der Waals surface area contributed by atoms with Crippen molar-refractivity contribution >= 4 is 23.8 Å². The molecule has 0 aromatic heterocycles. The number of hydrogen-bond acceptors (Lipinski definition) is 8. The minimum Gasteiger partial charge on any atom is -0.480 e. The first-order valence-electron chi connectivity index (χ1n) is 6.95. The molecular formula is C14H17NO9. The topological polar surface area (TPSA) is 148 Å². The third kappa shape index (κ3) is 5.36. The van der Waals surface area contributed by atoms with Gasteiger partial charge in [-0.2, -0.15) is 9.59 Å². The van der Waals surface area contributed by atoms with E-state index in [1.807, 2.05) is 0 Å². The minimum atomic E-state index is -1.11. The van der Waals surface area contributed by atoms with E-state index in [0.717, 1.165) is 0 Å². The summed E-state index contributed by atoms with van der Waals surface area (Å²) < 4.78 is 10.4. The Bertz CT molecular complexity index is 565. The number of nitrogens with zero attached hydrogens (tertiary/aromatic N) is 1. The Labute approximate surface area is 136 Å². The van der Waals surface area contributed by atoms with E-state index in [9.17, 15) is 19.5 Å². The summed E-state index contributed by atoms with van der Waals surface area (Å²) in [6, 6.07) is 0. The lowest BCUT2D eigenvalue weighted by Gasteiger charge is -2.28. The Morgan fingerprint density at radius 2 is 2.08 bits per heavy atom. The van der Waals surface area contributed by atoms with E-state index in [-0.39, 0.29) is 37.3 Å². The molecule has 2 aliphatic rings. The molecule has 2 N–H and O–H groups in total. The second-order valence-corrected chi connectivity index (χ2v) is 5.14. The van der Waals surface area contributed by atoms with Gasteiger partial charge < -0.3 is 19.7 Å². The van der Waals surface area contributed by atoms with Gasteiger partial charge in [0.2, 0.25) is 5.91 Å². The highest BCUT2D eigenvalue weighted by atomic mass is 16.6. The zero-order valence-corrected chi connectivity index (χ0v) is 12.8. The molecular weight excluding hydrogens is 326 g/mol. The number of carboxylic acid groups (broad SMARTS) is 1. The predicted molar refractivity (Wildman–Crippen MR) is 73.0 cm³/mol. The van der Waals surface area contributed by atoms with Gasteiger partial charge in [0.15, 0.2) is 5.78 Å². The van der Waals surface area contributed by atoms with Gasteiger partial charge in [-0.25, -0.2) is 4.79 Å². The molecule has 10 heteroatoms. The number of carbonyl (C=O) groups is 3. The Hall–Kier alpha value is -2.39. The van der Waals surface area contributed by atoms with E-state index >= 15 is 0 Å². The first kappa shape index (κ1) is 19.7. The third-order valence-electron chi connectivity index (χ3n) is 3.39. The molecule has 0 aliphatic carbocycles. The van der Waals surface area contributed by atoms with Crippen molar-refractivity contribution in [3.63, 3.8) is 0 Å². The van der Waals surface area contributed by atoms with Gasteiger partial charge >= 0.3 is 12.1 Å². The number of aliphatic hydroxyl groups excluding tert-OH is 1. The molecule has 0 spiro atoms. The Kier molecular flexibility index (Phi) is 7.40. The number of aliphatic carboxylic acids is 1. The molecule has 0 aromatic rings. The normalized spacial score (nSPS) is 26.3. The number of Topliss-reactive ketones (excluding diaryl/α,β-unsaturated/α-hetero) is 1.